The van der Waals surface area contributed by atoms with E-state index in [0.29, 0.717) is 36.5 Å². The molecule has 1 aliphatic rings. The summed E-state index contributed by atoms with van der Waals surface area (Å²) in [4.78, 5) is 31.2. The van der Waals surface area contributed by atoms with Crippen molar-refractivity contribution in [3.8, 4) is 5.75 Å². The van der Waals surface area contributed by atoms with Gasteiger partial charge in [-0.3, -0.25) is 14.5 Å². The quantitative estimate of drug-likeness (QED) is 0.266. The molecular formula is C35H37N3O3. The highest BCUT2D eigenvalue weighted by molar-refractivity contribution is 6.04. The Labute approximate surface area is 242 Å². The van der Waals surface area contributed by atoms with E-state index in [-0.39, 0.29) is 17.9 Å². The number of aryl methyl sites for hydroxylation is 1. The van der Waals surface area contributed by atoms with Crippen molar-refractivity contribution in [1.82, 2.24) is 9.80 Å². The summed E-state index contributed by atoms with van der Waals surface area (Å²) in [7, 11) is 0. The van der Waals surface area contributed by atoms with Gasteiger partial charge in [-0.2, -0.15) is 0 Å². The van der Waals surface area contributed by atoms with Gasteiger partial charge in [-0.05, 0) is 48.7 Å². The zero-order valence-corrected chi connectivity index (χ0v) is 23.7. The Morgan fingerprint density at radius 1 is 0.756 bits per heavy atom. The molecule has 1 fully saturated rings. The molecule has 4 aromatic carbocycles. The largest absolute Gasteiger partial charge is 0.481 e. The molecule has 0 aliphatic carbocycles. The summed E-state index contributed by atoms with van der Waals surface area (Å²) in [6.07, 6.45) is -0.167. The lowest BCUT2D eigenvalue weighted by molar-refractivity contribution is -0.122. The topological polar surface area (TPSA) is 61.9 Å². The smallest absolute Gasteiger partial charge is 0.265 e. The first kappa shape index (κ1) is 28.1. The number of rotatable bonds is 9. The van der Waals surface area contributed by atoms with Gasteiger partial charge in [0.2, 0.25) is 0 Å². The number of carbonyl (C=O) groups is 2. The predicted octanol–water partition coefficient (Wildman–Crippen LogP) is 6.34. The lowest BCUT2D eigenvalue weighted by atomic mass is 9.96. The summed E-state index contributed by atoms with van der Waals surface area (Å²) in [6, 6.07) is 36.0. The predicted molar refractivity (Wildman–Crippen MR) is 163 cm³/mol. The molecule has 1 saturated heterocycles. The van der Waals surface area contributed by atoms with Crippen molar-refractivity contribution < 1.29 is 14.3 Å². The summed E-state index contributed by atoms with van der Waals surface area (Å²) < 4.78 is 5.96. The number of nitrogens with zero attached hydrogens (tertiary/aromatic N) is 2. The maximum atomic E-state index is 13.7. The molecule has 210 valence electrons. The zero-order chi connectivity index (χ0) is 28.6. The van der Waals surface area contributed by atoms with Crippen LogP contribution < -0.4 is 10.1 Å². The molecular weight excluding hydrogens is 510 g/mol. The number of benzene rings is 4. The minimum Gasteiger partial charge on any atom is -0.481 e. The number of hydrogen-bond acceptors (Lipinski definition) is 4. The number of amides is 2. The Morgan fingerprint density at radius 3 is 1.90 bits per heavy atom. The number of piperazine rings is 1. The van der Waals surface area contributed by atoms with Gasteiger partial charge in [-0.15, -0.1) is 0 Å². The van der Waals surface area contributed by atoms with Crippen molar-refractivity contribution in [3.63, 3.8) is 0 Å². The standard InChI is InChI=1S/C35H37N3O3/c1-3-32(41-29-20-18-26(2)19-21-29)34(39)36-31-17-11-10-16-30(31)35(40)38-24-22-37(23-25-38)33(27-12-6-4-7-13-27)28-14-8-5-9-15-28/h4-21,32-33H,3,22-25H2,1-2H3,(H,36,39). The Kier molecular flexibility index (Phi) is 9.12. The van der Waals surface area contributed by atoms with Crippen LogP contribution in [0.15, 0.2) is 109 Å². The van der Waals surface area contributed by atoms with Gasteiger partial charge in [-0.1, -0.05) is 97.4 Å². The summed E-state index contributed by atoms with van der Waals surface area (Å²) >= 11 is 0. The third-order valence-corrected chi connectivity index (χ3v) is 7.58. The van der Waals surface area contributed by atoms with Gasteiger partial charge in [0.25, 0.3) is 11.8 Å². The number of para-hydroxylation sites is 1. The van der Waals surface area contributed by atoms with Gasteiger partial charge >= 0.3 is 0 Å². The SMILES string of the molecule is CCC(Oc1ccc(C)cc1)C(=O)Nc1ccccc1C(=O)N1CCN(C(c2ccccc2)c2ccccc2)CC1. The molecule has 0 aromatic heterocycles. The first-order valence-electron chi connectivity index (χ1n) is 14.3. The van der Waals surface area contributed by atoms with Crippen molar-refractivity contribution in [2.24, 2.45) is 0 Å². The van der Waals surface area contributed by atoms with E-state index in [1.165, 1.54) is 11.1 Å². The van der Waals surface area contributed by atoms with E-state index in [9.17, 15) is 9.59 Å². The second-order valence-corrected chi connectivity index (χ2v) is 10.4. The maximum Gasteiger partial charge on any atom is 0.265 e. The maximum absolute atomic E-state index is 13.7. The number of carbonyl (C=O) groups excluding carboxylic acids is 2. The van der Waals surface area contributed by atoms with E-state index >= 15 is 0 Å². The van der Waals surface area contributed by atoms with Crippen molar-refractivity contribution in [3.05, 3.63) is 131 Å². The van der Waals surface area contributed by atoms with Crippen LogP contribution >= 0.6 is 0 Å². The Morgan fingerprint density at radius 2 is 1.32 bits per heavy atom. The summed E-state index contributed by atoms with van der Waals surface area (Å²) in [6.45, 7) is 6.62. The molecule has 0 radical (unpaired) electrons. The van der Waals surface area contributed by atoms with Crippen LogP contribution in [0.3, 0.4) is 0 Å². The minimum atomic E-state index is -0.669. The van der Waals surface area contributed by atoms with E-state index in [0.717, 1.165) is 18.7 Å². The molecule has 1 N–H and O–H groups in total. The van der Waals surface area contributed by atoms with Crippen molar-refractivity contribution in [2.75, 3.05) is 31.5 Å². The fourth-order valence-electron chi connectivity index (χ4n) is 5.33. The normalized spacial score (nSPS) is 14.5. The van der Waals surface area contributed by atoms with E-state index in [4.69, 9.17) is 4.74 Å². The highest BCUT2D eigenvalue weighted by Crippen LogP contribution is 2.30. The van der Waals surface area contributed by atoms with E-state index in [2.05, 4.69) is 58.7 Å². The Bertz CT molecular complexity index is 1390. The van der Waals surface area contributed by atoms with Crippen molar-refractivity contribution in [1.29, 1.82) is 0 Å². The average Bonchev–Trinajstić information content (AvgIpc) is 3.02. The summed E-state index contributed by atoms with van der Waals surface area (Å²) in [5, 5.41) is 2.96. The van der Waals surface area contributed by atoms with Crippen LogP contribution in [0.5, 0.6) is 5.75 Å². The lowest BCUT2D eigenvalue weighted by Gasteiger charge is -2.40. The molecule has 1 atom stereocenters. The molecule has 6 heteroatoms. The highest BCUT2D eigenvalue weighted by Gasteiger charge is 2.30. The lowest BCUT2D eigenvalue weighted by Crippen LogP contribution is -2.50. The van der Waals surface area contributed by atoms with Crippen LogP contribution in [0.4, 0.5) is 5.69 Å². The third kappa shape index (κ3) is 6.84. The molecule has 0 bridgehead atoms. The van der Waals surface area contributed by atoms with Gasteiger partial charge < -0.3 is 15.0 Å². The first-order chi connectivity index (χ1) is 20.0. The molecule has 1 unspecified atom stereocenters. The fourth-order valence-corrected chi connectivity index (χ4v) is 5.33. The zero-order valence-electron chi connectivity index (χ0n) is 23.7. The number of nitrogens with one attached hydrogen (secondary N) is 1. The number of hydrogen-bond donors (Lipinski definition) is 1. The average molecular weight is 548 g/mol. The first-order valence-corrected chi connectivity index (χ1v) is 14.3. The van der Waals surface area contributed by atoms with Crippen LogP contribution in [-0.2, 0) is 4.79 Å². The Balaban J connectivity index is 1.26. The number of ether oxygens (including phenoxy) is 1. The monoisotopic (exact) mass is 547 g/mol. The van der Waals surface area contributed by atoms with Gasteiger partial charge in [0.05, 0.1) is 17.3 Å². The van der Waals surface area contributed by atoms with Crippen molar-refractivity contribution >= 4 is 17.5 Å². The third-order valence-electron chi connectivity index (χ3n) is 7.58. The molecule has 5 rings (SSSR count). The summed E-state index contributed by atoms with van der Waals surface area (Å²) in [5.41, 5.74) is 4.60. The highest BCUT2D eigenvalue weighted by atomic mass is 16.5. The van der Waals surface area contributed by atoms with E-state index < -0.39 is 6.10 Å². The molecule has 6 nitrogen and oxygen atoms in total. The van der Waals surface area contributed by atoms with Crippen LogP contribution in [-0.4, -0.2) is 53.9 Å². The molecule has 0 spiro atoms. The number of anilines is 1. The van der Waals surface area contributed by atoms with Gasteiger partial charge in [0, 0.05) is 26.2 Å². The van der Waals surface area contributed by atoms with E-state index in [1.807, 2.05) is 67.3 Å². The molecule has 1 heterocycles. The fraction of sp³-hybridized carbons (Fsp3) is 0.257. The molecule has 4 aromatic rings. The summed E-state index contributed by atoms with van der Waals surface area (Å²) in [5.74, 6) is 0.292. The second kappa shape index (κ2) is 13.3. The molecule has 1 aliphatic heterocycles. The second-order valence-electron chi connectivity index (χ2n) is 10.4. The van der Waals surface area contributed by atoms with Crippen LogP contribution in [0, 0.1) is 6.92 Å². The van der Waals surface area contributed by atoms with Gasteiger partial charge in [-0.25, -0.2) is 0 Å². The van der Waals surface area contributed by atoms with Gasteiger partial charge in [0.1, 0.15) is 5.75 Å². The Hall–Kier alpha value is -4.42. The van der Waals surface area contributed by atoms with Crippen molar-refractivity contribution in [2.45, 2.75) is 32.4 Å². The molecule has 2 amide bonds. The van der Waals surface area contributed by atoms with Crippen LogP contribution in [0.1, 0.15) is 46.4 Å². The van der Waals surface area contributed by atoms with Crippen LogP contribution in [0.25, 0.3) is 0 Å². The molecule has 41 heavy (non-hydrogen) atoms. The minimum absolute atomic E-state index is 0.0796. The van der Waals surface area contributed by atoms with Crippen LogP contribution in [0.2, 0.25) is 0 Å². The molecule has 0 saturated carbocycles. The van der Waals surface area contributed by atoms with E-state index in [1.54, 1.807) is 12.1 Å². The van der Waals surface area contributed by atoms with Gasteiger partial charge in [0.15, 0.2) is 6.10 Å².